The van der Waals surface area contributed by atoms with Crippen LogP contribution in [-0.4, -0.2) is 28.1 Å². The predicted octanol–water partition coefficient (Wildman–Crippen LogP) is 2.14. The second-order valence-corrected chi connectivity index (χ2v) is 4.99. The van der Waals surface area contributed by atoms with Crippen LogP contribution in [0.15, 0.2) is 12.3 Å². The molecule has 1 aliphatic heterocycles. The summed E-state index contributed by atoms with van der Waals surface area (Å²) >= 11 is 11.7. The minimum Gasteiger partial charge on any atom is -0.480 e. The van der Waals surface area contributed by atoms with Crippen LogP contribution in [0.2, 0.25) is 10.2 Å². The van der Waals surface area contributed by atoms with Gasteiger partial charge in [0.15, 0.2) is 0 Å². The SMILES string of the molecule is O=C(O)C1(Cc2cnc(Cl)cc2Cl)CCCN1. The van der Waals surface area contributed by atoms with Crippen LogP contribution in [0.3, 0.4) is 0 Å². The highest BCUT2D eigenvalue weighted by molar-refractivity contribution is 6.34. The van der Waals surface area contributed by atoms with Gasteiger partial charge in [-0.3, -0.25) is 4.79 Å². The second kappa shape index (κ2) is 4.80. The van der Waals surface area contributed by atoms with E-state index in [9.17, 15) is 9.90 Å². The fourth-order valence-electron chi connectivity index (χ4n) is 2.11. The normalized spacial score (nSPS) is 23.9. The number of carboxylic acids is 1. The number of nitrogens with zero attached hydrogens (tertiary/aromatic N) is 1. The Bertz CT molecular complexity index is 445. The lowest BCUT2D eigenvalue weighted by atomic mass is 9.90. The first-order valence-electron chi connectivity index (χ1n) is 5.32. The van der Waals surface area contributed by atoms with Crippen LogP contribution in [-0.2, 0) is 11.2 Å². The third-order valence-electron chi connectivity index (χ3n) is 3.04. The van der Waals surface area contributed by atoms with Crippen LogP contribution < -0.4 is 5.32 Å². The van der Waals surface area contributed by atoms with Crippen LogP contribution in [0.1, 0.15) is 18.4 Å². The zero-order valence-corrected chi connectivity index (χ0v) is 10.6. The highest BCUT2D eigenvalue weighted by atomic mass is 35.5. The molecule has 1 aliphatic rings. The largest absolute Gasteiger partial charge is 0.480 e. The molecule has 0 bridgehead atoms. The van der Waals surface area contributed by atoms with E-state index in [2.05, 4.69) is 10.3 Å². The van der Waals surface area contributed by atoms with Crippen molar-refractivity contribution in [2.75, 3.05) is 6.54 Å². The van der Waals surface area contributed by atoms with E-state index < -0.39 is 11.5 Å². The van der Waals surface area contributed by atoms with Crippen molar-refractivity contribution < 1.29 is 9.90 Å². The summed E-state index contributed by atoms with van der Waals surface area (Å²) in [6, 6.07) is 1.53. The molecule has 4 nitrogen and oxygen atoms in total. The van der Waals surface area contributed by atoms with Gasteiger partial charge < -0.3 is 10.4 Å². The van der Waals surface area contributed by atoms with E-state index >= 15 is 0 Å². The van der Waals surface area contributed by atoms with E-state index in [4.69, 9.17) is 23.2 Å². The highest BCUT2D eigenvalue weighted by Gasteiger charge is 2.41. The molecule has 1 unspecified atom stereocenters. The monoisotopic (exact) mass is 274 g/mol. The van der Waals surface area contributed by atoms with Crippen LogP contribution in [0.4, 0.5) is 0 Å². The van der Waals surface area contributed by atoms with Crippen molar-refractivity contribution >= 4 is 29.2 Å². The minimum atomic E-state index is -0.918. The highest BCUT2D eigenvalue weighted by Crippen LogP contribution is 2.28. The van der Waals surface area contributed by atoms with Gasteiger partial charge in [0.25, 0.3) is 0 Å². The van der Waals surface area contributed by atoms with Crippen molar-refractivity contribution in [2.45, 2.75) is 24.8 Å². The maximum Gasteiger partial charge on any atom is 0.324 e. The number of pyridine rings is 1. The molecule has 0 saturated carbocycles. The topological polar surface area (TPSA) is 62.2 Å². The third-order valence-corrected chi connectivity index (χ3v) is 3.60. The predicted molar refractivity (Wildman–Crippen MR) is 65.6 cm³/mol. The van der Waals surface area contributed by atoms with E-state index in [1.54, 1.807) is 0 Å². The van der Waals surface area contributed by atoms with Gasteiger partial charge in [0.1, 0.15) is 10.7 Å². The number of carboxylic acid groups (broad SMARTS) is 1. The molecule has 2 rings (SSSR count). The zero-order valence-electron chi connectivity index (χ0n) is 9.04. The lowest BCUT2D eigenvalue weighted by Crippen LogP contribution is -2.49. The minimum absolute atomic E-state index is 0.308. The lowest BCUT2D eigenvalue weighted by Gasteiger charge is -2.24. The number of aromatic nitrogens is 1. The Kier molecular flexibility index (Phi) is 3.56. The number of nitrogens with one attached hydrogen (secondary N) is 1. The lowest BCUT2D eigenvalue weighted by molar-refractivity contribution is -0.144. The van der Waals surface area contributed by atoms with E-state index in [0.29, 0.717) is 35.1 Å². The first-order valence-corrected chi connectivity index (χ1v) is 6.07. The molecule has 0 amide bonds. The number of hydrogen-bond donors (Lipinski definition) is 2. The number of hydrogen-bond acceptors (Lipinski definition) is 3. The van der Waals surface area contributed by atoms with Gasteiger partial charge in [-0.25, -0.2) is 4.98 Å². The Morgan fingerprint density at radius 3 is 2.88 bits per heavy atom. The molecule has 0 spiro atoms. The van der Waals surface area contributed by atoms with Gasteiger partial charge in [0.2, 0.25) is 0 Å². The summed E-state index contributed by atoms with van der Waals surface area (Å²) in [5.74, 6) is -0.846. The van der Waals surface area contributed by atoms with Gasteiger partial charge in [0, 0.05) is 17.6 Å². The van der Waals surface area contributed by atoms with E-state index in [1.165, 1.54) is 12.3 Å². The van der Waals surface area contributed by atoms with Crippen LogP contribution in [0.5, 0.6) is 0 Å². The Balaban J connectivity index is 2.26. The molecule has 1 atom stereocenters. The molecule has 17 heavy (non-hydrogen) atoms. The summed E-state index contributed by atoms with van der Waals surface area (Å²) in [4.78, 5) is 15.3. The summed E-state index contributed by atoms with van der Waals surface area (Å²) < 4.78 is 0. The first kappa shape index (κ1) is 12.6. The first-order chi connectivity index (χ1) is 8.03. The van der Waals surface area contributed by atoms with Crippen LogP contribution in [0.25, 0.3) is 0 Å². The molecule has 1 aromatic heterocycles. The maximum absolute atomic E-state index is 11.4. The molecule has 1 saturated heterocycles. The Morgan fingerprint density at radius 1 is 1.59 bits per heavy atom. The van der Waals surface area contributed by atoms with E-state index in [1.807, 2.05) is 0 Å². The van der Waals surface area contributed by atoms with Gasteiger partial charge in [-0.15, -0.1) is 0 Å². The number of carbonyl (C=O) groups is 1. The summed E-state index contributed by atoms with van der Waals surface area (Å²) in [5, 5.41) is 13.1. The van der Waals surface area contributed by atoms with Crippen LogP contribution >= 0.6 is 23.2 Å². The fourth-order valence-corrected chi connectivity index (χ4v) is 2.54. The van der Waals surface area contributed by atoms with Crippen molar-refractivity contribution in [3.63, 3.8) is 0 Å². The van der Waals surface area contributed by atoms with Crippen molar-refractivity contribution in [3.8, 4) is 0 Å². The van der Waals surface area contributed by atoms with Crippen molar-refractivity contribution in [1.82, 2.24) is 10.3 Å². The second-order valence-electron chi connectivity index (χ2n) is 4.19. The molecule has 0 aromatic carbocycles. The van der Waals surface area contributed by atoms with Gasteiger partial charge in [-0.1, -0.05) is 23.2 Å². The molecule has 0 radical (unpaired) electrons. The number of rotatable bonds is 3. The standard InChI is InChI=1S/C11H12Cl2N2O2/c12-8-4-9(13)14-6-7(8)5-11(10(16)17)2-1-3-15-11/h4,6,15H,1-3,5H2,(H,16,17). The van der Waals surface area contributed by atoms with E-state index in [-0.39, 0.29) is 0 Å². The van der Waals surface area contributed by atoms with Crippen molar-refractivity contribution in [3.05, 3.63) is 28.0 Å². The van der Waals surface area contributed by atoms with Gasteiger partial charge in [-0.05, 0) is 31.0 Å². The summed E-state index contributed by atoms with van der Waals surface area (Å²) in [7, 11) is 0. The van der Waals surface area contributed by atoms with Gasteiger partial charge in [-0.2, -0.15) is 0 Å². The van der Waals surface area contributed by atoms with Gasteiger partial charge >= 0.3 is 5.97 Å². The fraction of sp³-hybridized carbons (Fsp3) is 0.455. The zero-order chi connectivity index (χ0) is 12.5. The van der Waals surface area contributed by atoms with E-state index in [0.717, 1.165) is 6.42 Å². The van der Waals surface area contributed by atoms with Crippen molar-refractivity contribution in [1.29, 1.82) is 0 Å². The van der Waals surface area contributed by atoms with Crippen LogP contribution in [0, 0.1) is 0 Å². The van der Waals surface area contributed by atoms with Crippen molar-refractivity contribution in [2.24, 2.45) is 0 Å². The molecule has 0 aliphatic carbocycles. The smallest absolute Gasteiger partial charge is 0.324 e. The molecule has 6 heteroatoms. The Hall–Kier alpha value is -0.840. The molecule has 1 fully saturated rings. The average molecular weight is 275 g/mol. The summed E-state index contributed by atoms with van der Waals surface area (Å²) in [6.07, 6.45) is 3.31. The Morgan fingerprint density at radius 2 is 2.35 bits per heavy atom. The quantitative estimate of drug-likeness (QED) is 0.830. The summed E-state index contributed by atoms with van der Waals surface area (Å²) in [5.41, 5.74) is -0.216. The molecule has 2 heterocycles. The third kappa shape index (κ3) is 2.54. The number of aliphatic carboxylic acids is 1. The number of halogens is 2. The summed E-state index contributed by atoms with van der Waals surface area (Å²) in [6.45, 7) is 0.713. The molecule has 2 N–H and O–H groups in total. The van der Waals surface area contributed by atoms with Gasteiger partial charge in [0.05, 0.1) is 0 Å². The molecule has 1 aromatic rings. The Labute approximate surface area is 109 Å². The molecule has 92 valence electrons. The molecular weight excluding hydrogens is 263 g/mol. The average Bonchev–Trinajstić information content (AvgIpc) is 2.72. The molecular formula is C11H12Cl2N2O2. The maximum atomic E-state index is 11.4.